The molecule has 0 radical (unpaired) electrons. The fourth-order valence-corrected chi connectivity index (χ4v) is 10.0. The minimum atomic E-state index is -1.83. The smallest absolute Gasteiger partial charge is 0.311 e. The zero-order valence-electron chi connectivity index (χ0n) is 39.5. The number of halogens is 1. The predicted octanol–water partition coefficient (Wildman–Crippen LogP) is 4.33. The molecule has 10 unspecified atom stereocenters. The Hall–Kier alpha value is -1.70. The van der Waals surface area contributed by atoms with Crippen LogP contribution in [-0.2, 0) is 33.2 Å². The van der Waals surface area contributed by atoms with Gasteiger partial charge in [0.25, 0.3) is 0 Å². The summed E-state index contributed by atoms with van der Waals surface area (Å²) in [4.78, 5) is 14.5. The number of likely N-dealkylation sites (N-methyl/N-ethyl adjacent to an activating group) is 1. The number of ether oxygens (including phenoxy) is 7. The molecule has 358 valence electrons. The molecule has 1 aromatic rings. The second-order valence-electron chi connectivity index (χ2n) is 19.1. The van der Waals surface area contributed by atoms with Gasteiger partial charge in [0, 0.05) is 37.1 Å². The van der Waals surface area contributed by atoms with Gasteiger partial charge in [0.05, 0.1) is 42.0 Å². The van der Waals surface area contributed by atoms with Gasteiger partial charge in [-0.3, -0.25) is 4.79 Å². The Kier molecular flexibility index (Phi) is 18.9. The van der Waals surface area contributed by atoms with Crippen LogP contribution in [0.25, 0.3) is 0 Å². The maximum absolute atomic E-state index is 14.5. The van der Waals surface area contributed by atoms with E-state index in [0.717, 1.165) is 6.42 Å². The van der Waals surface area contributed by atoms with Gasteiger partial charge in [0.15, 0.2) is 18.7 Å². The van der Waals surface area contributed by atoms with E-state index >= 15 is 0 Å². The van der Waals surface area contributed by atoms with Crippen LogP contribution in [-0.4, -0.2) is 150 Å². The Labute approximate surface area is 375 Å². The van der Waals surface area contributed by atoms with Crippen LogP contribution in [0.5, 0.6) is 5.75 Å². The average Bonchev–Trinajstić information content (AvgIpc) is 3.21. The lowest BCUT2D eigenvalue weighted by Gasteiger charge is -2.53. The van der Waals surface area contributed by atoms with Crippen LogP contribution in [0.15, 0.2) is 24.3 Å². The average molecular weight is 903 g/mol. The quantitative estimate of drug-likeness (QED) is 0.109. The van der Waals surface area contributed by atoms with Gasteiger partial charge in [0.2, 0.25) is 0 Å². The summed E-state index contributed by atoms with van der Waals surface area (Å²) in [5.41, 5.74) is -6.00. The van der Waals surface area contributed by atoms with Crippen molar-refractivity contribution in [2.45, 2.75) is 198 Å². The summed E-state index contributed by atoms with van der Waals surface area (Å²) in [6.45, 7) is 21.1. The first-order chi connectivity index (χ1) is 29.0. The lowest BCUT2D eigenvalue weighted by atomic mass is 9.75. The monoisotopic (exact) mass is 902 g/mol. The van der Waals surface area contributed by atoms with Gasteiger partial charge < -0.3 is 69.5 Å². The minimum absolute atomic E-state index is 0.0901. The number of aliphatic hydroxyl groups excluding tert-OH is 1. The van der Waals surface area contributed by atoms with Crippen LogP contribution < -0.4 is 20.7 Å². The third-order valence-corrected chi connectivity index (χ3v) is 14.0. The lowest BCUT2D eigenvalue weighted by molar-refractivity contribution is -0.335. The largest absolute Gasteiger partial charge is 0.483 e. The van der Waals surface area contributed by atoms with Gasteiger partial charge >= 0.3 is 5.97 Å². The Morgan fingerprint density at radius 1 is 0.984 bits per heavy atom. The molecule has 1 aromatic carbocycles. The number of hydrogen-bond donors (Lipinski definition) is 7. The summed E-state index contributed by atoms with van der Waals surface area (Å²) >= 11 is 6.38. The minimum Gasteiger partial charge on any atom is -0.483 e. The van der Waals surface area contributed by atoms with Crippen molar-refractivity contribution in [3.63, 3.8) is 0 Å². The Morgan fingerprint density at radius 3 is 2.29 bits per heavy atom. The highest BCUT2D eigenvalue weighted by Gasteiger charge is 2.58. The molecule has 3 aliphatic heterocycles. The highest BCUT2D eigenvalue weighted by atomic mass is 35.5. The van der Waals surface area contributed by atoms with Gasteiger partial charge in [-0.25, -0.2) is 0 Å². The second kappa shape index (κ2) is 22.2. The summed E-state index contributed by atoms with van der Waals surface area (Å²) < 4.78 is 45.9. The first-order valence-electron chi connectivity index (χ1n) is 22.7. The molecule has 3 fully saturated rings. The van der Waals surface area contributed by atoms with Gasteiger partial charge in [-0.1, -0.05) is 45.4 Å². The number of rotatable bonds is 13. The van der Waals surface area contributed by atoms with E-state index in [2.05, 4.69) is 16.0 Å². The molecule has 0 saturated carbocycles. The maximum atomic E-state index is 14.5. The zero-order valence-corrected chi connectivity index (χ0v) is 40.2. The SMILES string of the molecule is CCCNC[C@]1(O)[C@H](C)O[C@@H](OC2C(C)C(=O)OC(CC)C(C)(O)C(O)C(C)NCC(C)CC(C)(O)C(O[C@@H]3O[C@H](C)C[C@H](NC)[C@H]3Oc3cccc(Cl)c3)C2C)C[C@@]1(C)OC. The molecule has 0 bridgehead atoms. The molecule has 3 aliphatic rings. The molecule has 62 heavy (non-hydrogen) atoms. The number of cyclic esters (lactones) is 1. The van der Waals surface area contributed by atoms with Crippen molar-refractivity contribution in [1.29, 1.82) is 0 Å². The molecule has 4 rings (SSSR count). The Morgan fingerprint density at radius 2 is 1.68 bits per heavy atom. The van der Waals surface area contributed by atoms with E-state index in [0.29, 0.717) is 30.3 Å². The van der Waals surface area contributed by atoms with E-state index in [9.17, 15) is 25.2 Å². The first kappa shape index (κ1) is 52.9. The van der Waals surface area contributed by atoms with Crippen LogP contribution in [0.4, 0.5) is 0 Å². The highest BCUT2D eigenvalue weighted by molar-refractivity contribution is 6.30. The van der Waals surface area contributed by atoms with Crippen LogP contribution >= 0.6 is 11.6 Å². The van der Waals surface area contributed by atoms with Crippen LogP contribution in [0.2, 0.25) is 5.02 Å². The van der Waals surface area contributed by atoms with E-state index in [1.165, 1.54) is 6.92 Å². The number of nitrogens with one attached hydrogen (secondary N) is 3. The van der Waals surface area contributed by atoms with Crippen molar-refractivity contribution in [2.75, 3.05) is 33.8 Å². The number of methoxy groups -OCH3 is 1. The van der Waals surface area contributed by atoms with E-state index < -0.39 is 95.5 Å². The second-order valence-corrected chi connectivity index (χ2v) is 19.5. The zero-order chi connectivity index (χ0) is 46.4. The fourth-order valence-electron chi connectivity index (χ4n) is 9.82. The van der Waals surface area contributed by atoms with Crippen molar-refractivity contribution in [3.8, 4) is 5.75 Å². The number of esters is 1. The van der Waals surface area contributed by atoms with Crippen molar-refractivity contribution < 1.29 is 58.4 Å². The first-order valence-corrected chi connectivity index (χ1v) is 23.1. The van der Waals surface area contributed by atoms with Crippen molar-refractivity contribution in [1.82, 2.24) is 16.0 Å². The summed E-state index contributed by atoms with van der Waals surface area (Å²) in [5, 5.41) is 58.7. The van der Waals surface area contributed by atoms with E-state index in [1.807, 2.05) is 41.7 Å². The van der Waals surface area contributed by atoms with E-state index in [4.69, 9.17) is 44.8 Å². The lowest BCUT2D eigenvalue weighted by Crippen LogP contribution is -2.70. The fraction of sp³-hybridized carbons (Fsp3) is 0.848. The molecule has 7 N–H and O–H groups in total. The molecular weight excluding hydrogens is 822 g/mol. The summed E-state index contributed by atoms with van der Waals surface area (Å²) in [6.07, 6.45) is -6.27. The van der Waals surface area contributed by atoms with Gasteiger partial charge in [-0.05, 0) is 118 Å². The molecule has 3 heterocycles. The molecule has 0 amide bonds. The third-order valence-electron chi connectivity index (χ3n) is 13.8. The molecule has 16 heteroatoms. The number of aliphatic hydroxyl groups is 4. The highest BCUT2D eigenvalue weighted by Crippen LogP contribution is 2.43. The number of carbonyl (C=O) groups excluding carboxylic acids is 1. The van der Waals surface area contributed by atoms with Gasteiger partial charge in [-0.15, -0.1) is 0 Å². The van der Waals surface area contributed by atoms with Crippen LogP contribution in [0.1, 0.15) is 108 Å². The molecule has 15 nitrogen and oxygen atoms in total. The predicted molar refractivity (Wildman–Crippen MR) is 237 cm³/mol. The summed E-state index contributed by atoms with van der Waals surface area (Å²) in [7, 11) is 3.39. The Bertz CT molecular complexity index is 1560. The van der Waals surface area contributed by atoms with Gasteiger partial charge in [-0.2, -0.15) is 0 Å². The maximum Gasteiger partial charge on any atom is 0.311 e. The number of hydrogen-bond acceptors (Lipinski definition) is 15. The van der Waals surface area contributed by atoms with E-state index in [-0.39, 0.29) is 43.9 Å². The van der Waals surface area contributed by atoms with Crippen LogP contribution in [0.3, 0.4) is 0 Å². The molecule has 0 aromatic heterocycles. The standard InChI is InChI=1S/C46H80ClN3O12/c1-14-19-49-25-46(55)31(8)58-36(23-44(46,10)56-13)61-37-28(5)40(62-42-38(34(48-12)20-27(4)57-42)59-33-18-16-17-32(47)21-33)43(9,53)22-26(3)24-50-30(7)39(51)45(11,54)35(15-2)60-41(52)29(37)6/h16-18,21,26-31,34-40,42,48-51,53-55H,14-15,19-20,22-25H2,1-13H3/t26?,27-,28?,29?,30?,31+,34+,35?,36+,37?,38-,39?,40?,42+,43?,44-,45?,46+/m1/s1. The molecule has 0 aliphatic carbocycles. The molecule has 18 atom stereocenters. The van der Waals surface area contributed by atoms with Crippen LogP contribution in [0, 0.1) is 17.8 Å². The Balaban J connectivity index is 1.85. The molecular formula is C46H80ClN3O12. The number of benzene rings is 1. The van der Waals surface area contributed by atoms with E-state index in [1.54, 1.807) is 66.0 Å². The van der Waals surface area contributed by atoms with Crippen molar-refractivity contribution in [2.24, 2.45) is 17.8 Å². The molecule has 3 saturated heterocycles. The van der Waals surface area contributed by atoms with Crippen molar-refractivity contribution >= 4 is 17.6 Å². The third kappa shape index (κ3) is 12.2. The topological polar surface area (TPSA) is 199 Å². The van der Waals surface area contributed by atoms with Crippen molar-refractivity contribution in [3.05, 3.63) is 29.3 Å². The van der Waals surface area contributed by atoms with Gasteiger partial charge in [0.1, 0.15) is 34.8 Å². The summed E-state index contributed by atoms with van der Waals surface area (Å²) in [6, 6.07) is 6.25. The summed E-state index contributed by atoms with van der Waals surface area (Å²) in [5.74, 6) is -2.17. The molecule has 0 spiro atoms. The number of carbonyl (C=O) groups is 1. The normalized spacial score (nSPS) is 44.2.